The van der Waals surface area contributed by atoms with Crippen LogP contribution in [0.5, 0.6) is 0 Å². The molecule has 0 saturated carbocycles. The molecule has 3 aromatic carbocycles. The normalized spacial score (nSPS) is 12.6. The first-order valence-corrected chi connectivity index (χ1v) is 14.0. The highest BCUT2D eigenvalue weighted by Gasteiger charge is 2.30. The van der Waals surface area contributed by atoms with E-state index in [0.29, 0.717) is 28.8 Å². The lowest BCUT2D eigenvalue weighted by Crippen LogP contribution is -2.52. The first-order valence-electron chi connectivity index (χ1n) is 12.1. The highest BCUT2D eigenvalue weighted by molar-refractivity contribution is 7.99. The van der Waals surface area contributed by atoms with E-state index < -0.39 is 6.04 Å². The third kappa shape index (κ3) is 8.29. The van der Waals surface area contributed by atoms with Crippen molar-refractivity contribution in [2.24, 2.45) is 0 Å². The van der Waals surface area contributed by atoms with Gasteiger partial charge >= 0.3 is 0 Å². The van der Waals surface area contributed by atoms with Crippen molar-refractivity contribution >= 4 is 46.8 Å². The number of nitrogens with one attached hydrogen (secondary N) is 1. The van der Waals surface area contributed by atoms with E-state index in [2.05, 4.69) is 5.32 Å². The summed E-state index contributed by atoms with van der Waals surface area (Å²) in [5.41, 5.74) is 2.78. The molecule has 3 aromatic rings. The van der Waals surface area contributed by atoms with Gasteiger partial charge in [-0.25, -0.2) is 0 Å². The van der Waals surface area contributed by atoms with Crippen molar-refractivity contribution in [3.63, 3.8) is 0 Å². The molecule has 2 atom stereocenters. The Kier molecular flexibility index (Phi) is 11.2. The number of carbonyl (C=O) groups is 2. The molecule has 0 spiro atoms. The Morgan fingerprint density at radius 1 is 0.889 bits per heavy atom. The van der Waals surface area contributed by atoms with Gasteiger partial charge in [0.2, 0.25) is 11.8 Å². The minimum absolute atomic E-state index is 0.0150. The van der Waals surface area contributed by atoms with Crippen molar-refractivity contribution in [1.82, 2.24) is 10.2 Å². The van der Waals surface area contributed by atoms with Crippen molar-refractivity contribution < 1.29 is 9.59 Å². The third-order valence-corrected chi connectivity index (χ3v) is 7.65. The second-order valence-corrected chi connectivity index (χ2v) is 10.5. The molecule has 7 heteroatoms. The maximum atomic E-state index is 13.7. The molecule has 0 aliphatic carbocycles. The second kappa shape index (κ2) is 14.3. The lowest BCUT2D eigenvalue weighted by Gasteiger charge is -2.32. The number of rotatable bonds is 12. The summed E-state index contributed by atoms with van der Waals surface area (Å²) >= 11 is 14.1. The van der Waals surface area contributed by atoms with Gasteiger partial charge in [0.25, 0.3) is 0 Å². The van der Waals surface area contributed by atoms with Gasteiger partial charge in [0.05, 0.1) is 5.75 Å². The highest BCUT2D eigenvalue weighted by Crippen LogP contribution is 2.28. The highest BCUT2D eigenvalue weighted by atomic mass is 35.5. The van der Waals surface area contributed by atoms with Crippen LogP contribution < -0.4 is 5.32 Å². The maximum Gasteiger partial charge on any atom is 0.243 e. The van der Waals surface area contributed by atoms with Crippen LogP contribution in [0.4, 0.5) is 0 Å². The first kappa shape index (κ1) is 28.1. The molecular formula is C29H32Cl2N2O2S. The Balaban J connectivity index is 1.85. The van der Waals surface area contributed by atoms with Gasteiger partial charge in [-0.2, -0.15) is 0 Å². The molecule has 4 nitrogen and oxygen atoms in total. The van der Waals surface area contributed by atoms with Gasteiger partial charge in [-0.1, -0.05) is 96.9 Å². The van der Waals surface area contributed by atoms with E-state index in [0.717, 1.165) is 23.1 Å². The van der Waals surface area contributed by atoms with Crippen LogP contribution in [0.3, 0.4) is 0 Å². The number of hydrogen-bond acceptors (Lipinski definition) is 3. The smallest absolute Gasteiger partial charge is 0.243 e. The van der Waals surface area contributed by atoms with Gasteiger partial charge in [-0.3, -0.25) is 9.59 Å². The Morgan fingerprint density at radius 3 is 2.06 bits per heavy atom. The second-order valence-electron chi connectivity index (χ2n) is 8.72. The monoisotopic (exact) mass is 542 g/mol. The van der Waals surface area contributed by atoms with Crippen LogP contribution in [0.2, 0.25) is 10.0 Å². The zero-order valence-electron chi connectivity index (χ0n) is 20.6. The van der Waals surface area contributed by atoms with Crippen LogP contribution in [0, 0.1) is 0 Å². The van der Waals surface area contributed by atoms with E-state index in [1.54, 1.807) is 23.1 Å². The molecule has 0 heterocycles. The van der Waals surface area contributed by atoms with E-state index in [9.17, 15) is 9.59 Å². The van der Waals surface area contributed by atoms with Gasteiger partial charge in [-0.05, 0) is 42.2 Å². The number of amides is 2. The van der Waals surface area contributed by atoms with Crippen LogP contribution in [-0.4, -0.2) is 34.6 Å². The molecule has 0 aliphatic heterocycles. The standard InChI is InChI=1S/C29H32Cl2N2O2S/c1-3-21(2)32-29(35)27(17-22-11-6-4-7-12-22)33(18-23-13-8-5-9-14-23)28(34)20-36-19-24-25(30)15-10-16-26(24)31/h4-16,21,27H,3,17-20H2,1-2H3,(H,32,35)/t21-,27+/m0/s1. The number of nitrogens with zero attached hydrogens (tertiary/aromatic N) is 1. The molecule has 190 valence electrons. The number of benzene rings is 3. The van der Waals surface area contributed by atoms with Crippen LogP contribution in [0.15, 0.2) is 78.9 Å². The van der Waals surface area contributed by atoms with Gasteiger partial charge in [-0.15, -0.1) is 11.8 Å². The Labute approximate surface area is 228 Å². The molecule has 3 rings (SSSR count). The van der Waals surface area contributed by atoms with Crippen molar-refractivity contribution in [3.05, 3.63) is 106 Å². The molecular weight excluding hydrogens is 511 g/mol. The van der Waals surface area contributed by atoms with E-state index in [-0.39, 0.29) is 23.6 Å². The predicted molar refractivity (Wildman–Crippen MR) is 151 cm³/mol. The van der Waals surface area contributed by atoms with Gasteiger partial charge in [0.1, 0.15) is 6.04 Å². The van der Waals surface area contributed by atoms with Crippen LogP contribution in [0.1, 0.15) is 37.0 Å². The molecule has 0 aliphatic rings. The number of halogens is 2. The van der Waals surface area contributed by atoms with E-state index in [1.165, 1.54) is 11.8 Å². The summed E-state index contributed by atoms with van der Waals surface area (Å²) in [5.74, 6) is 0.464. The average Bonchev–Trinajstić information content (AvgIpc) is 2.88. The van der Waals surface area contributed by atoms with E-state index >= 15 is 0 Å². The molecule has 0 unspecified atom stereocenters. The maximum absolute atomic E-state index is 13.7. The van der Waals surface area contributed by atoms with Gasteiger partial charge < -0.3 is 10.2 Å². The SMILES string of the molecule is CC[C@H](C)NC(=O)[C@@H](Cc1ccccc1)N(Cc1ccccc1)C(=O)CSCc1c(Cl)cccc1Cl. The van der Waals surface area contributed by atoms with Crippen LogP contribution in [-0.2, 0) is 28.3 Å². The average molecular weight is 544 g/mol. The molecule has 0 radical (unpaired) electrons. The summed E-state index contributed by atoms with van der Waals surface area (Å²) in [7, 11) is 0. The number of thioether (sulfide) groups is 1. The Morgan fingerprint density at radius 2 is 1.47 bits per heavy atom. The molecule has 0 aromatic heterocycles. The van der Waals surface area contributed by atoms with Crippen LogP contribution in [0.25, 0.3) is 0 Å². The molecule has 0 saturated heterocycles. The Hall–Kier alpha value is -2.47. The molecule has 36 heavy (non-hydrogen) atoms. The van der Waals surface area contributed by atoms with Crippen molar-refractivity contribution in [3.8, 4) is 0 Å². The lowest BCUT2D eigenvalue weighted by molar-refractivity contribution is -0.139. The summed E-state index contributed by atoms with van der Waals surface area (Å²) in [6.07, 6.45) is 1.24. The largest absolute Gasteiger partial charge is 0.352 e. The Bertz CT molecular complexity index is 1110. The predicted octanol–water partition coefficient (Wildman–Crippen LogP) is 6.78. The molecule has 1 N–H and O–H groups in total. The van der Waals surface area contributed by atoms with E-state index in [1.807, 2.05) is 74.5 Å². The summed E-state index contributed by atoms with van der Waals surface area (Å²) in [6, 6.07) is 24.4. The van der Waals surface area contributed by atoms with E-state index in [4.69, 9.17) is 23.2 Å². The quantitative estimate of drug-likeness (QED) is 0.274. The lowest BCUT2D eigenvalue weighted by atomic mass is 10.0. The fraction of sp³-hybridized carbons (Fsp3) is 0.310. The van der Waals surface area contributed by atoms with Gasteiger partial charge in [0.15, 0.2) is 0 Å². The minimum atomic E-state index is -0.640. The molecule has 2 amide bonds. The first-order chi connectivity index (χ1) is 17.4. The van der Waals surface area contributed by atoms with Gasteiger partial charge in [0, 0.05) is 34.8 Å². The summed E-state index contributed by atoms with van der Waals surface area (Å²) in [5, 5.41) is 4.26. The summed E-state index contributed by atoms with van der Waals surface area (Å²) in [4.78, 5) is 28.9. The topological polar surface area (TPSA) is 49.4 Å². The fourth-order valence-corrected chi connectivity index (χ4v) is 5.42. The molecule has 0 fully saturated rings. The summed E-state index contributed by atoms with van der Waals surface area (Å²) < 4.78 is 0. The van der Waals surface area contributed by atoms with Crippen molar-refractivity contribution in [1.29, 1.82) is 0 Å². The zero-order chi connectivity index (χ0) is 25.9. The zero-order valence-corrected chi connectivity index (χ0v) is 23.0. The molecule has 0 bridgehead atoms. The number of hydrogen-bond donors (Lipinski definition) is 1. The van der Waals surface area contributed by atoms with Crippen molar-refractivity contribution in [2.45, 2.75) is 51.1 Å². The third-order valence-electron chi connectivity index (χ3n) is 6.00. The summed E-state index contributed by atoms with van der Waals surface area (Å²) in [6.45, 7) is 4.35. The van der Waals surface area contributed by atoms with Crippen molar-refractivity contribution in [2.75, 3.05) is 5.75 Å². The minimum Gasteiger partial charge on any atom is -0.352 e. The number of carbonyl (C=O) groups excluding carboxylic acids is 2. The van der Waals surface area contributed by atoms with Crippen LogP contribution >= 0.6 is 35.0 Å². The fourth-order valence-electron chi connectivity index (χ4n) is 3.77.